The summed E-state index contributed by atoms with van der Waals surface area (Å²) >= 11 is 0. The monoisotopic (exact) mass is 586 g/mol. The average Bonchev–Trinajstić information content (AvgIpc) is 3.47. The van der Waals surface area contributed by atoms with Gasteiger partial charge in [0.25, 0.3) is 0 Å². The summed E-state index contributed by atoms with van der Waals surface area (Å²) in [5.41, 5.74) is 4.95. The molecule has 2 aliphatic heterocycles. The standard InChI is InChI=1S/C38H54N2O3/c1-25-24-38(18-16-30-31-13-12-28-22-29(41)15-17-37(28,3)33(31)23-32(25)30)26(2)36-34(43-38)10-7-20-40(36)21-19-39-35(42)14-11-27-8-5-4-6-9-27/h4-6,8-9,26,28,30-31,33-34,36H,7,10-24H2,1-3H3,(H,39,42)/t26-,28-,30+,31+,33+,34-,36+,37+,38+/m1/s1. The molecule has 2 saturated heterocycles. The van der Waals surface area contributed by atoms with Gasteiger partial charge in [-0.2, -0.15) is 0 Å². The lowest BCUT2D eigenvalue weighted by molar-refractivity contribution is -0.130. The number of Topliss-reactive ketones (excluding diaryl/α,β-unsaturated/α-hetero) is 1. The molecule has 6 aliphatic rings. The number of carbonyl (C=O) groups is 2. The number of allylic oxidation sites excluding steroid dienone is 1. The molecule has 0 radical (unpaired) electrons. The zero-order chi connectivity index (χ0) is 29.8. The van der Waals surface area contributed by atoms with Crippen molar-refractivity contribution in [3.05, 3.63) is 47.0 Å². The number of ketones is 1. The number of ether oxygens (including phenoxy) is 1. The van der Waals surface area contributed by atoms with Crippen molar-refractivity contribution in [3.63, 3.8) is 0 Å². The fraction of sp³-hybridized carbons (Fsp3) is 0.737. The lowest BCUT2D eigenvalue weighted by atomic mass is 9.52. The lowest BCUT2D eigenvalue weighted by Crippen LogP contribution is -2.51. The van der Waals surface area contributed by atoms with E-state index in [2.05, 4.69) is 43.1 Å². The van der Waals surface area contributed by atoms with Crippen LogP contribution >= 0.6 is 0 Å². The van der Waals surface area contributed by atoms with Crippen molar-refractivity contribution in [2.24, 2.45) is 35.0 Å². The molecule has 1 aromatic rings. The SMILES string of the molecule is CC1=C2C[C@H]3[C@@H](CC[C@@H]4CC(=O)CC[C@@]43C)[C@@H]2CC[C@@]2(C1)O[C@@H]1CCCN(CCNC(=O)CCc3ccccc3)[C@H]1[C@H]2C. The van der Waals surface area contributed by atoms with E-state index in [1.54, 1.807) is 11.1 Å². The molecular formula is C38H54N2O3. The summed E-state index contributed by atoms with van der Waals surface area (Å²) in [6.45, 7) is 10.2. The van der Waals surface area contributed by atoms with Crippen molar-refractivity contribution in [1.82, 2.24) is 10.2 Å². The molecule has 43 heavy (non-hydrogen) atoms. The first-order valence-electron chi connectivity index (χ1n) is 17.7. The van der Waals surface area contributed by atoms with Gasteiger partial charge in [0.2, 0.25) is 5.91 Å². The lowest BCUT2D eigenvalue weighted by Gasteiger charge is -2.52. The number of nitrogens with one attached hydrogen (secondary N) is 1. The Morgan fingerprint density at radius 3 is 2.77 bits per heavy atom. The van der Waals surface area contributed by atoms with Gasteiger partial charge in [-0.1, -0.05) is 55.3 Å². The first kappa shape index (κ1) is 29.7. The highest BCUT2D eigenvalue weighted by Crippen LogP contribution is 2.65. The Morgan fingerprint density at radius 2 is 1.93 bits per heavy atom. The van der Waals surface area contributed by atoms with Crippen LogP contribution in [0.2, 0.25) is 0 Å². The van der Waals surface area contributed by atoms with Gasteiger partial charge >= 0.3 is 0 Å². The molecular weight excluding hydrogens is 532 g/mol. The van der Waals surface area contributed by atoms with E-state index >= 15 is 0 Å². The van der Waals surface area contributed by atoms with Crippen molar-refractivity contribution in [2.75, 3.05) is 19.6 Å². The van der Waals surface area contributed by atoms with Crippen LogP contribution in [-0.4, -0.2) is 54.0 Å². The molecule has 0 aromatic heterocycles. The Morgan fingerprint density at radius 1 is 1.09 bits per heavy atom. The molecule has 2 heterocycles. The van der Waals surface area contributed by atoms with Crippen molar-refractivity contribution in [3.8, 4) is 0 Å². The Balaban J connectivity index is 1.00. The highest BCUT2D eigenvalue weighted by atomic mass is 16.5. The molecule has 1 aromatic carbocycles. The van der Waals surface area contributed by atoms with Crippen LogP contribution in [0.1, 0.15) is 103 Å². The number of carbonyl (C=O) groups excluding carboxylic acids is 2. The maximum atomic E-state index is 12.6. The summed E-state index contributed by atoms with van der Waals surface area (Å²) in [5.74, 6) is 4.07. The number of rotatable bonds is 6. The molecule has 3 saturated carbocycles. The Labute approximate surface area is 259 Å². The normalized spacial score (nSPS) is 40.9. The second-order valence-corrected chi connectivity index (χ2v) is 15.6. The zero-order valence-corrected chi connectivity index (χ0v) is 26.9. The van der Waals surface area contributed by atoms with Gasteiger partial charge in [0.05, 0.1) is 11.7 Å². The van der Waals surface area contributed by atoms with Gasteiger partial charge in [-0.3, -0.25) is 14.5 Å². The third-order valence-electron chi connectivity index (χ3n) is 13.6. The summed E-state index contributed by atoms with van der Waals surface area (Å²) < 4.78 is 7.22. The number of amides is 1. The number of hydrogen-bond acceptors (Lipinski definition) is 4. The molecule has 4 aliphatic carbocycles. The van der Waals surface area contributed by atoms with E-state index in [1.165, 1.54) is 50.5 Å². The van der Waals surface area contributed by atoms with Crippen LogP contribution in [0.5, 0.6) is 0 Å². The molecule has 5 heteroatoms. The second-order valence-electron chi connectivity index (χ2n) is 15.6. The maximum Gasteiger partial charge on any atom is 0.220 e. The minimum absolute atomic E-state index is 0.0495. The molecule has 1 amide bonds. The van der Waals surface area contributed by atoms with Crippen molar-refractivity contribution >= 4 is 11.7 Å². The first-order chi connectivity index (χ1) is 20.8. The van der Waals surface area contributed by atoms with Crippen LogP contribution in [0, 0.1) is 35.0 Å². The van der Waals surface area contributed by atoms with E-state index in [1.807, 2.05) is 18.2 Å². The van der Waals surface area contributed by atoms with Gasteiger partial charge in [0, 0.05) is 44.3 Å². The summed E-state index contributed by atoms with van der Waals surface area (Å²) in [6.07, 6.45) is 14.2. The van der Waals surface area contributed by atoms with Crippen LogP contribution in [-0.2, 0) is 20.7 Å². The minimum Gasteiger partial charge on any atom is -0.369 e. The molecule has 1 N–H and O–H groups in total. The van der Waals surface area contributed by atoms with Gasteiger partial charge in [0.1, 0.15) is 5.78 Å². The molecule has 0 unspecified atom stereocenters. The fourth-order valence-electron chi connectivity index (χ4n) is 11.3. The number of hydrogen-bond donors (Lipinski definition) is 1. The Bertz CT molecular complexity index is 1240. The summed E-state index contributed by atoms with van der Waals surface area (Å²) in [6, 6.07) is 10.7. The number of nitrogens with zero attached hydrogens (tertiary/aromatic N) is 1. The minimum atomic E-state index is -0.0495. The van der Waals surface area contributed by atoms with Gasteiger partial charge in [-0.25, -0.2) is 0 Å². The topological polar surface area (TPSA) is 58.6 Å². The quantitative estimate of drug-likeness (QED) is 0.369. The molecule has 5 fully saturated rings. The van der Waals surface area contributed by atoms with Gasteiger partial charge in [0.15, 0.2) is 0 Å². The number of piperidine rings is 1. The van der Waals surface area contributed by atoms with Gasteiger partial charge in [-0.05, 0) is 112 Å². The van der Waals surface area contributed by atoms with E-state index in [0.717, 1.165) is 69.5 Å². The van der Waals surface area contributed by atoms with Crippen molar-refractivity contribution in [2.45, 2.75) is 122 Å². The van der Waals surface area contributed by atoms with Crippen LogP contribution in [0.25, 0.3) is 0 Å². The molecule has 0 bridgehead atoms. The van der Waals surface area contributed by atoms with E-state index < -0.39 is 0 Å². The third-order valence-corrected chi connectivity index (χ3v) is 13.6. The third kappa shape index (κ3) is 5.35. The molecule has 5 nitrogen and oxygen atoms in total. The van der Waals surface area contributed by atoms with Crippen LogP contribution in [0.4, 0.5) is 0 Å². The smallest absolute Gasteiger partial charge is 0.220 e. The first-order valence-corrected chi connectivity index (χ1v) is 17.7. The number of benzene rings is 1. The van der Waals surface area contributed by atoms with Gasteiger partial charge in [-0.15, -0.1) is 0 Å². The molecule has 9 atom stereocenters. The maximum absolute atomic E-state index is 12.6. The number of fused-ring (bicyclic) bond motifs is 6. The highest BCUT2D eigenvalue weighted by Gasteiger charge is 2.59. The number of aryl methyl sites for hydroxylation is 1. The fourth-order valence-corrected chi connectivity index (χ4v) is 11.3. The van der Waals surface area contributed by atoms with E-state index in [0.29, 0.717) is 41.6 Å². The number of likely N-dealkylation sites (tertiary alicyclic amines) is 1. The average molecular weight is 587 g/mol. The Kier molecular flexibility index (Phi) is 8.12. The predicted octanol–water partition coefficient (Wildman–Crippen LogP) is 6.90. The second kappa shape index (κ2) is 11.7. The van der Waals surface area contributed by atoms with Crippen LogP contribution < -0.4 is 5.32 Å². The summed E-state index contributed by atoms with van der Waals surface area (Å²) in [7, 11) is 0. The summed E-state index contributed by atoms with van der Waals surface area (Å²) in [4.78, 5) is 27.6. The van der Waals surface area contributed by atoms with Crippen LogP contribution in [0.3, 0.4) is 0 Å². The van der Waals surface area contributed by atoms with E-state index in [-0.39, 0.29) is 11.5 Å². The van der Waals surface area contributed by atoms with Crippen molar-refractivity contribution < 1.29 is 14.3 Å². The van der Waals surface area contributed by atoms with Crippen LogP contribution in [0.15, 0.2) is 41.5 Å². The Hall–Kier alpha value is -1.98. The largest absolute Gasteiger partial charge is 0.369 e. The summed E-state index contributed by atoms with van der Waals surface area (Å²) in [5, 5.41) is 3.21. The molecule has 7 rings (SSSR count). The molecule has 234 valence electrons. The zero-order valence-electron chi connectivity index (χ0n) is 26.9. The van der Waals surface area contributed by atoms with Gasteiger partial charge < -0.3 is 10.1 Å². The highest BCUT2D eigenvalue weighted by molar-refractivity contribution is 5.79. The predicted molar refractivity (Wildman–Crippen MR) is 170 cm³/mol. The molecule has 1 spiro atoms. The van der Waals surface area contributed by atoms with Crippen molar-refractivity contribution in [1.29, 1.82) is 0 Å². The van der Waals surface area contributed by atoms with E-state index in [9.17, 15) is 9.59 Å². The van der Waals surface area contributed by atoms with E-state index in [4.69, 9.17) is 4.74 Å².